The molecule has 0 radical (unpaired) electrons. The molecule has 8 heteroatoms. The molecule has 3 aromatic rings. The van der Waals surface area contributed by atoms with Gasteiger partial charge in [-0.1, -0.05) is 30.7 Å². The van der Waals surface area contributed by atoms with Crippen molar-refractivity contribution in [3.8, 4) is 5.82 Å². The van der Waals surface area contributed by atoms with Gasteiger partial charge in [-0.25, -0.2) is 9.67 Å². The van der Waals surface area contributed by atoms with E-state index in [-0.39, 0.29) is 5.78 Å². The molecule has 0 N–H and O–H groups in total. The van der Waals surface area contributed by atoms with E-state index < -0.39 is 0 Å². The zero-order valence-electron chi connectivity index (χ0n) is 15.5. The number of hydrogen-bond donors (Lipinski definition) is 0. The molecule has 0 spiro atoms. The number of nitrogens with zero attached hydrogens (tertiary/aromatic N) is 6. The molecule has 140 valence electrons. The van der Waals surface area contributed by atoms with Gasteiger partial charge in [0.05, 0.1) is 11.8 Å². The normalized spacial score (nSPS) is 14.7. The molecule has 3 aromatic heterocycles. The lowest BCUT2D eigenvalue weighted by molar-refractivity contribution is 0.102. The number of carbonyl (C=O) groups excluding carboxylic acids is 1. The van der Waals surface area contributed by atoms with E-state index in [9.17, 15) is 4.79 Å². The molecule has 0 aliphatic heterocycles. The van der Waals surface area contributed by atoms with Gasteiger partial charge < -0.3 is 4.57 Å². The van der Waals surface area contributed by atoms with E-state index in [1.54, 1.807) is 6.20 Å². The van der Waals surface area contributed by atoms with E-state index in [0.717, 1.165) is 40.8 Å². The zero-order chi connectivity index (χ0) is 18.8. The van der Waals surface area contributed by atoms with Crippen LogP contribution in [0.25, 0.3) is 5.82 Å². The molecule has 7 nitrogen and oxygen atoms in total. The standard InChI is InChI=1S/C19H22N6OS/c1-13-11-16(14(2)24(13)18-9-5-6-10-20-18)17(26)12-27-19-21-22-23-25(19)15-7-3-4-8-15/h5-6,9-11,15H,3-4,7-8,12H2,1-2H3. The predicted molar refractivity (Wildman–Crippen MR) is 103 cm³/mol. The van der Waals surface area contributed by atoms with Crippen molar-refractivity contribution < 1.29 is 4.79 Å². The number of Topliss-reactive ketones (excluding diaryl/α,β-unsaturated/α-hetero) is 1. The number of tetrazole rings is 1. The SMILES string of the molecule is Cc1cc(C(=O)CSc2nnnn2C2CCCC2)c(C)n1-c1ccccn1. The van der Waals surface area contributed by atoms with Crippen LogP contribution in [0.15, 0.2) is 35.6 Å². The third-order valence-corrected chi connectivity index (χ3v) is 6.01. The quantitative estimate of drug-likeness (QED) is 0.479. The van der Waals surface area contributed by atoms with Crippen LogP contribution in [0.5, 0.6) is 0 Å². The van der Waals surface area contributed by atoms with E-state index in [2.05, 4.69) is 20.5 Å². The second kappa shape index (κ2) is 7.64. The maximum absolute atomic E-state index is 12.9. The van der Waals surface area contributed by atoms with Crippen LogP contribution in [-0.2, 0) is 0 Å². The lowest BCUT2D eigenvalue weighted by Gasteiger charge is -2.10. The van der Waals surface area contributed by atoms with Crippen molar-refractivity contribution >= 4 is 17.5 Å². The van der Waals surface area contributed by atoms with Gasteiger partial charge in [-0.2, -0.15) is 0 Å². The lowest BCUT2D eigenvalue weighted by atomic mass is 10.2. The minimum absolute atomic E-state index is 0.0799. The summed E-state index contributed by atoms with van der Waals surface area (Å²) in [5, 5.41) is 12.8. The van der Waals surface area contributed by atoms with Crippen LogP contribution in [0.4, 0.5) is 0 Å². The topological polar surface area (TPSA) is 78.5 Å². The summed E-state index contributed by atoms with van der Waals surface area (Å²) in [6, 6.07) is 8.08. The fourth-order valence-electron chi connectivity index (χ4n) is 3.75. The van der Waals surface area contributed by atoms with Gasteiger partial charge in [-0.15, -0.1) is 5.10 Å². The molecule has 1 fully saturated rings. The molecular formula is C19H22N6OS. The third kappa shape index (κ3) is 3.53. The number of carbonyl (C=O) groups is 1. The zero-order valence-corrected chi connectivity index (χ0v) is 16.3. The first-order valence-electron chi connectivity index (χ1n) is 9.19. The van der Waals surface area contributed by atoms with Gasteiger partial charge in [0, 0.05) is 23.1 Å². The van der Waals surface area contributed by atoms with Crippen molar-refractivity contribution in [2.75, 3.05) is 5.75 Å². The van der Waals surface area contributed by atoms with Crippen molar-refractivity contribution in [2.24, 2.45) is 0 Å². The van der Waals surface area contributed by atoms with E-state index in [1.807, 2.05) is 47.4 Å². The highest BCUT2D eigenvalue weighted by molar-refractivity contribution is 7.99. The monoisotopic (exact) mass is 382 g/mol. The molecule has 1 aliphatic carbocycles. The van der Waals surface area contributed by atoms with Crippen LogP contribution in [-0.4, -0.2) is 41.3 Å². The van der Waals surface area contributed by atoms with Crippen molar-refractivity contribution in [3.63, 3.8) is 0 Å². The van der Waals surface area contributed by atoms with Gasteiger partial charge >= 0.3 is 0 Å². The van der Waals surface area contributed by atoms with E-state index in [4.69, 9.17) is 0 Å². The minimum atomic E-state index is 0.0799. The smallest absolute Gasteiger partial charge is 0.210 e. The number of pyridine rings is 1. The number of rotatable bonds is 6. The molecule has 0 unspecified atom stereocenters. The Morgan fingerprint density at radius 1 is 1.26 bits per heavy atom. The first-order valence-corrected chi connectivity index (χ1v) is 10.2. The Labute approximate surface area is 162 Å². The number of hydrogen-bond acceptors (Lipinski definition) is 6. The summed E-state index contributed by atoms with van der Waals surface area (Å²) in [5.74, 6) is 1.22. The Morgan fingerprint density at radius 3 is 2.81 bits per heavy atom. The molecule has 1 saturated carbocycles. The van der Waals surface area contributed by atoms with Crippen molar-refractivity contribution in [3.05, 3.63) is 47.4 Å². The molecule has 3 heterocycles. The van der Waals surface area contributed by atoms with Crippen molar-refractivity contribution in [1.29, 1.82) is 0 Å². The maximum atomic E-state index is 12.9. The van der Waals surface area contributed by atoms with E-state index in [0.29, 0.717) is 11.8 Å². The molecule has 1 aliphatic rings. The number of aryl methyl sites for hydroxylation is 1. The third-order valence-electron chi connectivity index (χ3n) is 5.08. The summed E-state index contributed by atoms with van der Waals surface area (Å²) in [5.41, 5.74) is 2.63. The van der Waals surface area contributed by atoms with Crippen LogP contribution >= 0.6 is 11.8 Å². The average Bonchev–Trinajstić information content (AvgIpc) is 3.40. The lowest BCUT2D eigenvalue weighted by Crippen LogP contribution is -2.10. The van der Waals surface area contributed by atoms with E-state index in [1.165, 1.54) is 24.6 Å². The van der Waals surface area contributed by atoms with E-state index >= 15 is 0 Å². The molecule has 27 heavy (non-hydrogen) atoms. The highest BCUT2D eigenvalue weighted by atomic mass is 32.2. The number of thioether (sulfide) groups is 1. The van der Waals surface area contributed by atoms with Crippen molar-refractivity contribution in [2.45, 2.75) is 50.7 Å². The molecular weight excluding hydrogens is 360 g/mol. The average molecular weight is 382 g/mol. The van der Waals surface area contributed by atoms with Gasteiger partial charge in [-0.3, -0.25) is 4.79 Å². The molecule has 0 bridgehead atoms. The summed E-state index contributed by atoms with van der Waals surface area (Å²) in [6.07, 6.45) is 6.41. The van der Waals surface area contributed by atoms with Crippen molar-refractivity contribution in [1.82, 2.24) is 29.8 Å². The minimum Gasteiger partial charge on any atom is -0.302 e. The molecule has 0 saturated heterocycles. The highest BCUT2D eigenvalue weighted by Gasteiger charge is 2.23. The van der Waals surface area contributed by atoms with Gasteiger partial charge in [0.1, 0.15) is 5.82 Å². The summed E-state index contributed by atoms with van der Waals surface area (Å²) in [6.45, 7) is 3.95. The van der Waals surface area contributed by atoms with Gasteiger partial charge in [0.2, 0.25) is 5.16 Å². The summed E-state index contributed by atoms with van der Waals surface area (Å²) >= 11 is 1.42. The summed E-state index contributed by atoms with van der Waals surface area (Å²) < 4.78 is 3.91. The number of ketones is 1. The molecule has 0 atom stereocenters. The Morgan fingerprint density at radius 2 is 2.07 bits per heavy atom. The van der Waals surface area contributed by atoms with Gasteiger partial charge in [-0.05, 0) is 55.3 Å². The van der Waals surface area contributed by atoms with Crippen LogP contribution in [0.3, 0.4) is 0 Å². The van der Waals surface area contributed by atoms with Crippen LogP contribution < -0.4 is 0 Å². The summed E-state index contributed by atoms with van der Waals surface area (Å²) in [4.78, 5) is 17.3. The van der Waals surface area contributed by atoms with Crippen LogP contribution in [0.2, 0.25) is 0 Å². The molecule has 4 rings (SSSR count). The van der Waals surface area contributed by atoms with Crippen LogP contribution in [0.1, 0.15) is 53.5 Å². The Kier molecular flexibility index (Phi) is 5.07. The second-order valence-electron chi connectivity index (χ2n) is 6.86. The predicted octanol–water partition coefficient (Wildman–Crippen LogP) is 3.57. The first kappa shape index (κ1) is 17.9. The Balaban J connectivity index is 1.51. The van der Waals surface area contributed by atoms with Gasteiger partial charge in [0.15, 0.2) is 5.78 Å². The Hall–Kier alpha value is -2.48. The first-order chi connectivity index (χ1) is 13.1. The fraction of sp³-hybridized carbons (Fsp3) is 0.421. The Bertz CT molecular complexity index is 943. The van der Waals surface area contributed by atoms with Gasteiger partial charge in [0.25, 0.3) is 0 Å². The van der Waals surface area contributed by atoms with Crippen LogP contribution in [0, 0.1) is 13.8 Å². The second-order valence-corrected chi connectivity index (χ2v) is 7.81. The summed E-state index contributed by atoms with van der Waals surface area (Å²) in [7, 11) is 0. The molecule has 0 aromatic carbocycles. The largest absolute Gasteiger partial charge is 0.302 e. The molecule has 0 amide bonds. The fourth-order valence-corrected chi connectivity index (χ4v) is 4.58. The highest BCUT2D eigenvalue weighted by Crippen LogP contribution is 2.31. The maximum Gasteiger partial charge on any atom is 0.210 e. The number of aromatic nitrogens is 6.